The third-order valence-electron chi connectivity index (χ3n) is 2.40. The number of nitrogens with one attached hydrogen (secondary N) is 1. The van der Waals surface area contributed by atoms with Gasteiger partial charge in [0.05, 0.1) is 5.56 Å². The van der Waals surface area contributed by atoms with Crippen molar-refractivity contribution < 1.29 is 9.90 Å². The van der Waals surface area contributed by atoms with E-state index in [4.69, 9.17) is 10.8 Å². The van der Waals surface area contributed by atoms with Crippen LogP contribution in [0.3, 0.4) is 0 Å². The number of carboxylic acids is 1. The Kier molecular flexibility index (Phi) is 3.12. The van der Waals surface area contributed by atoms with Gasteiger partial charge in [0.25, 0.3) is 0 Å². The van der Waals surface area contributed by atoms with Gasteiger partial charge in [-0.3, -0.25) is 0 Å². The Bertz CT molecular complexity index is 617. The SMILES string of the molecule is NCCC#Cc1c(C(=O)O)[nH]c2ccccc12. The van der Waals surface area contributed by atoms with Gasteiger partial charge in [-0.2, -0.15) is 0 Å². The van der Waals surface area contributed by atoms with Crippen LogP contribution >= 0.6 is 0 Å². The molecule has 86 valence electrons. The van der Waals surface area contributed by atoms with Crippen molar-refractivity contribution >= 4 is 16.9 Å². The van der Waals surface area contributed by atoms with Crippen molar-refractivity contribution in [2.45, 2.75) is 6.42 Å². The van der Waals surface area contributed by atoms with Crippen LogP contribution in [0.15, 0.2) is 24.3 Å². The molecule has 4 nitrogen and oxygen atoms in total. The van der Waals surface area contributed by atoms with Gasteiger partial charge in [-0.25, -0.2) is 4.79 Å². The van der Waals surface area contributed by atoms with E-state index in [2.05, 4.69) is 16.8 Å². The summed E-state index contributed by atoms with van der Waals surface area (Å²) in [5, 5.41) is 9.93. The number of fused-ring (bicyclic) bond motifs is 1. The van der Waals surface area contributed by atoms with Crippen molar-refractivity contribution in [1.29, 1.82) is 0 Å². The fourth-order valence-electron chi connectivity index (χ4n) is 1.66. The van der Waals surface area contributed by atoms with Crippen molar-refractivity contribution in [2.24, 2.45) is 5.73 Å². The van der Waals surface area contributed by atoms with Gasteiger partial charge in [-0.15, -0.1) is 0 Å². The number of carbonyl (C=O) groups is 1. The molecule has 0 aliphatic rings. The van der Waals surface area contributed by atoms with Crippen molar-refractivity contribution in [3.8, 4) is 11.8 Å². The smallest absolute Gasteiger partial charge is 0.353 e. The summed E-state index contributed by atoms with van der Waals surface area (Å²) < 4.78 is 0. The first-order valence-corrected chi connectivity index (χ1v) is 5.27. The van der Waals surface area contributed by atoms with Crippen LogP contribution in [-0.2, 0) is 0 Å². The molecule has 0 amide bonds. The van der Waals surface area contributed by atoms with E-state index in [0.29, 0.717) is 18.5 Å². The molecule has 2 aromatic rings. The van der Waals surface area contributed by atoms with Crippen LogP contribution < -0.4 is 5.73 Å². The molecule has 2 rings (SSSR count). The van der Waals surface area contributed by atoms with E-state index in [0.717, 1.165) is 10.9 Å². The Labute approximate surface area is 98.4 Å². The Balaban J connectivity index is 2.61. The first-order chi connectivity index (χ1) is 8.24. The quantitative estimate of drug-likeness (QED) is 0.682. The number of aromatic carboxylic acids is 1. The number of rotatable bonds is 2. The third kappa shape index (κ3) is 2.14. The largest absolute Gasteiger partial charge is 0.477 e. The molecule has 4 heteroatoms. The molecule has 1 heterocycles. The summed E-state index contributed by atoms with van der Waals surface area (Å²) in [6.07, 6.45) is 0.554. The number of benzene rings is 1. The van der Waals surface area contributed by atoms with Crippen LogP contribution in [0, 0.1) is 11.8 Å². The molecular weight excluding hydrogens is 216 g/mol. The van der Waals surface area contributed by atoms with Crippen LogP contribution in [-0.4, -0.2) is 22.6 Å². The number of H-pyrrole nitrogens is 1. The lowest BCUT2D eigenvalue weighted by Crippen LogP contribution is -1.99. The number of carboxylic acid groups (broad SMARTS) is 1. The highest BCUT2D eigenvalue weighted by molar-refractivity contribution is 5.99. The lowest BCUT2D eigenvalue weighted by Gasteiger charge is -1.90. The molecule has 1 aromatic heterocycles. The van der Waals surface area contributed by atoms with Gasteiger partial charge in [0.2, 0.25) is 0 Å². The Morgan fingerprint density at radius 3 is 2.88 bits per heavy atom. The molecule has 0 saturated heterocycles. The van der Waals surface area contributed by atoms with Crippen LogP contribution in [0.2, 0.25) is 0 Å². The molecule has 0 saturated carbocycles. The minimum atomic E-state index is -1.00. The van der Waals surface area contributed by atoms with Gasteiger partial charge in [-0.1, -0.05) is 30.0 Å². The third-order valence-corrected chi connectivity index (χ3v) is 2.40. The Hall–Kier alpha value is -2.25. The summed E-state index contributed by atoms with van der Waals surface area (Å²) in [6, 6.07) is 7.39. The summed E-state index contributed by atoms with van der Waals surface area (Å²) in [5.74, 6) is 4.74. The van der Waals surface area contributed by atoms with E-state index in [1.165, 1.54) is 0 Å². The van der Waals surface area contributed by atoms with Crippen LogP contribution in [0.25, 0.3) is 10.9 Å². The van der Waals surface area contributed by atoms with Gasteiger partial charge >= 0.3 is 5.97 Å². The van der Waals surface area contributed by atoms with Crippen LogP contribution in [0.4, 0.5) is 0 Å². The predicted octanol–water partition coefficient (Wildman–Crippen LogP) is 1.57. The first kappa shape index (κ1) is 11.2. The highest BCUT2D eigenvalue weighted by atomic mass is 16.4. The highest BCUT2D eigenvalue weighted by Crippen LogP contribution is 2.21. The van der Waals surface area contributed by atoms with E-state index in [9.17, 15) is 4.79 Å². The van der Waals surface area contributed by atoms with E-state index >= 15 is 0 Å². The van der Waals surface area contributed by atoms with E-state index in [-0.39, 0.29) is 5.69 Å². The van der Waals surface area contributed by atoms with Gasteiger partial charge in [0, 0.05) is 23.9 Å². The maximum atomic E-state index is 11.1. The normalized spacial score (nSPS) is 9.94. The minimum absolute atomic E-state index is 0.135. The van der Waals surface area contributed by atoms with E-state index < -0.39 is 5.97 Å². The summed E-state index contributed by atoms with van der Waals surface area (Å²) >= 11 is 0. The monoisotopic (exact) mass is 228 g/mol. The van der Waals surface area contributed by atoms with Crippen molar-refractivity contribution in [3.05, 3.63) is 35.5 Å². The fourth-order valence-corrected chi connectivity index (χ4v) is 1.66. The number of hydrogen-bond acceptors (Lipinski definition) is 2. The molecule has 0 aliphatic carbocycles. The lowest BCUT2D eigenvalue weighted by molar-refractivity contribution is 0.0691. The molecule has 0 aliphatic heterocycles. The van der Waals surface area contributed by atoms with Crippen molar-refractivity contribution in [2.75, 3.05) is 6.54 Å². The second-order valence-electron chi connectivity index (χ2n) is 3.57. The zero-order chi connectivity index (χ0) is 12.3. The van der Waals surface area contributed by atoms with Gasteiger partial charge < -0.3 is 15.8 Å². The molecular formula is C13H12N2O2. The second kappa shape index (κ2) is 4.73. The zero-order valence-corrected chi connectivity index (χ0v) is 9.16. The molecule has 0 fully saturated rings. The molecule has 0 atom stereocenters. The predicted molar refractivity (Wildman–Crippen MR) is 65.8 cm³/mol. The van der Waals surface area contributed by atoms with Crippen molar-refractivity contribution in [1.82, 2.24) is 4.98 Å². The van der Waals surface area contributed by atoms with Gasteiger partial charge in [-0.05, 0) is 6.07 Å². The first-order valence-electron chi connectivity index (χ1n) is 5.27. The summed E-state index contributed by atoms with van der Waals surface area (Å²) in [4.78, 5) is 14.0. The standard InChI is InChI=1S/C13H12N2O2/c14-8-4-3-6-10-9-5-1-2-7-11(9)15-12(10)13(16)17/h1-2,5,7,15H,4,8,14H2,(H,16,17). The molecule has 4 N–H and O–H groups in total. The van der Waals surface area contributed by atoms with Gasteiger partial charge in [0.15, 0.2) is 0 Å². The van der Waals surface area contributed by atoms with Crippen LogP contribution in [0.5, 0.6) is 0 Å². The molecule has 17 heavy (non-hydrogen) atoms. The zero-order valence-electron chi connectivity index (χ0n) is 9.16. The minimum Gasteiger partial charge on any atom is -0.477 e. The van der Waals surface area contributed by atoms with Crippen LogP contribution in [0.1, 0.15) is 22.5 Å². The maximum Gasteiger partial charge on any atom is 0.353 e. The second-order valence-corrected chi connectivity index (χ2v) is 3.57. The summed E-state index contributed by atoms with van der Waals surface area (Å²) in [6.45, 7) is 0.470. The molecule has 0 bridgehead atoms. The average molecular weight is 228 g/mol. The van der Waals surface area contributed by atoms with E-state index in [1.54, 1.807) is 0 Å². The Morgan fingerprint density at radius 1 is 1.41 bits per heavy atom. The van der Waals surface area contributed by atoms with Crippen molar-refractivity contribution in [3.63, 3.8) is 0 Å². The van der Waals surface area contributed by atoms with Gasteiger partial charge in [0.1, 0.15) is 5.69 Å². The fraction of sp³-hybridized carbons (Fsp3) is 0.154. The maximum absolute atomic E-state index is 11.1. The topological polar surface area (TPSA) is 79.1 Å². The molecule has 0 spiro atoms. The summed E-state index contributed by atoms with van der Waals surface area (Å²) in [5.41, 5.74) is 6.80. The number of aromatic amines is 1. The number of nitrogens with two attached hydrogens (primary N) is 1. The highest BCUT2D eigenvalue weighted by Gasteiger charge is 2.14. The number of para-hydroxylation sites is 1. The lowest BCUT2D eigenvalue weighted by atomic mass is 10.1. The summed E-state index contributed by atoms with van der Waals surface area (Å²) in [7, 11) is 0. The molecule has 0 unspecified atom stereocenters. The van der Waals surface area contributed by atoms with E-state index in [1.807, 2.05) is 24.3 Å². The number of hydrogen-bond donors (Lipinski definition) is 3. The average Bonchev–Trinajstić information content (AvgIpc) is 2.69. The molecule has 1 aromatic carbocycles. The Morgan fingerprint density at radius 2 is 2.18 bits per heavy atom. The number of aromatic nitrogens is 1. The molecule has 0 radical (unpaired) electrons.